The van der Waals surface area contributed by atoms with Crippen molar-refractivity contribution in [3.63, 3.8) is 0 Å². The molecule has 0 saturated carbocycles. The molecule has 0 fully saturated rings. The van der Waals surface area contributed by atoms with Crippen LogP contribution in [-0.2, 0) is 6.54 Å². The fraction of sp³-hybridized carbons (Fsp3) is 0.250. The van der Waals surface area contributed by atoms with E-state index in [4.69, 9.17) is 5.73 Å². The minimum Gasteiger partial charge on any atom is -0.399 e. The second kappa shape index (κ2) is 6.23. The summed E-state index contributed by atoms with van der Waals surface area (Å²) in [4.78, 5) is 2.27. The first-order chi connectivity index (χ1) is 9.19. The molecule has 0 bridgehead atoms. The first-order valence-electron chi connectivity index (χ1n) is 6.54. The summed E-state index contributed by atoms with van der Waals surface area (Å²) in [5, 5.41) is 0. The Morgan fingerprint density at radius 2 is 1.63 bits per heavy atom. The van der Waals surface area contributed by atoms with E-state index >= 15 is 0 Å². The predicted molar refractivity (Wildman–Crippen MR) is 78.6 cm³/mol. The van der Waals surface area contributed by atoms with E-state index in [1.165, 1.54) is 12.1 Å². The zero-order chi connectivity index (χ0) is 13.7. The van der Waals surface area contributed by atoms with Crippen LogP contribution >= 0.6 is 0 Å². The highest BCUT2D eigenvalue weighted by Gasteiger charge is 2.06. The number of rotatable bonds is 5. The monoisotopic (exact) mass is 258 g/mol. The fourth-order valence-corrected chi connectivity index (χ4v) is 2.06. The van der Waals surface area contributed by atoms with Gasteiger partial charge in [0.1, 0.15) is 5.82 Å². The van der Waals surface area contributed by atoms with Gasteiger partial charge in [-0.15, -0.1) is 0 Å². The van der Waals surface area contributed by atoms with Gasteiger partial charge in [0.05, 0.1) is 0 Å². The van der Waals surface area contributed by atoms with Gasteiger partial charge in [0.2, 0.25) is 0 Å². The van der Waals surface area contributed by atoms with Crippen LogP contribution in [0.25, 0.3) is 0 Å². The lowest BCUT2D eigenvalue weighted by Gasteiger charge is -2.24. The number of nitrogens with two attached hydrogens (primary N) is 1. The Morgan fingerprint density at radius 1 is 1.00 bits per heavy atom. The molecule has 0 aliphatic rings. The van der Waals surface area contributed by atoms with E-state index in [0.29, 0.717) is 0 Å². The van der Waals surface area contributed by atoms with Gasteiger partial charge < -0.3 is 10.6 Å². The Labute approximate surface area is 113 Å². The van der Waals surface area contributed by atoms with Crippen LogP contribution < -0.4 is 10.6 Å². The summed E-state index contributed by atoms with van der Waals surface area (Å²) < 4.78 is 12.9. The van der Waals surface area contributed by atoms with Crippen molar-refractivity contribution in [2.75, 3.05) is 17.2 Å². The van der Waals surface area contributed by atoms with Gasteiger partial charge in [-0.1, -0.05) is 19.1 Å². The molecule has 3 heteroatoms. The van der Waals surface area contributed by atoms with E-state index in [0.717, 1.165) is 36.4 Å². The number of nitrogens with zero attached hydrogens (tertiary/aromatic N) is 1. The minimum atomic E-state index is -0.196. The molecule has 0 unspecified atom stereocenters. The van der Waals surface area contributed by atoms with Crippen molar-refractivity contribution in [3.8, 4) is 0 Å². The minimum absolute atomic E-state index is 0.196. The fourth-order valence-electron chi connectivity index (χ4n) is 2.06. The highest BCUT2D eigenvalue weighted by Crippen LogP contribution is 2.19. The molecule has 100 valence electrons. The van der Waals surface area contributed by atoms with Gasteiger partial charge in [-0.2, -0.15) is 0 Å². The highest BCUT2D eigenvalue weighted by atomic mass is 19.1. The van der Waals surface area contributed by atoms with Crippen LogP contribution in [0.2, 0.25) is 0 Å². The van der Waals surface area contributed by atoms with Crippen molar-refractivity contribution in [1.29, 1.82) is 0 Å². The van der Waals surface area contributed by atoms with Crippen molar-refractivity contribution in [3.05, 3.63) is 59.9 Å². The van der Waals surface area contributed by atoms with Gasteiger partial charge >= 0.3 is 0 Å². The van der Waals surface area contributed by atoms with Gasteiger partial charge in [-0.05, 0) is 48.4 Å². The number of anilines is 2. The smallest absolute Gasteiger partial charge is 0.123 e. The van der Waals surface area contributed by atoms with Gasteiger partial charge in [0, 0.05) is 24.5 Å². The van der Waals surface area contributed by atoms with Crippen LogP contribution in [0.4, 0.5) is 15.8 Å². The molecule has 2 N–H and O–H groups in total. The van der Waals surface area contributed by atoms with E-state index in [-0.39, 0.29) is 5.82 Å². The SMILES string of the molecule is CCCN(Cc1ccc(F)cc1)c1ccc(N)cc1. The molecule has 0 aliphatic heterocycles. The van der Waals surface area contributed by atoms with Crippen LogP contribution in [0.15, 0.2) is 48.5 Å². The zero-order valence-electron chi connectivity index (χ0n) is 11.1. The Hall–Kier alpha value is -2.03. The van der Waals surface area contributed by atoms with E-state index < -0.39 is 0 Å². The van der Waals surface area contributed by atoms with Crippen molar-refractivity contribution in [1.82, 2.24) is 0 Å². The summed E-state index contributed by atoms with van der Waals surface area (Å²) in [6, 6.07) is 14.5. The van der Waals surface area contributed by atoms with E-state index in [2.05, 4.69) is 11.8 Å². The number of hydrogen-bond acceptors (Lipinski definition) is 2. The second-order valence-corrected chi connectivity index (χ2v) is 4.64. The lowest BCUT2D eigenvalue weighted by molar-refractivity contribution is 0.626. The molecular formula is C16H19FN2. The van der Waals surface area contributed by atoms with Crippen LogP contribution in [0.3, 0.4) is 0 Å². The van der Waals surface area contributed by atoms with E-state index in [1.54, 1.807) is 0 Å². The Morgan fingerprint density at radius 3 is 2.21 bits per heavy atom. The van der Waals surface area contributed by atoms with Crippen molar-refractivity contribution in [2.45, 2.75) is 19.9 Å². The third kappa shape index (κ3) is 3.71. The van der Waals surface area contributed by atoms with Gasteiger partial charge in [-0.3, -0.25) is 0 Å². The van der Waals surface area contributed by atoms with E-state index in [1.807, 2.05) is 36.4 Å². The average molecular weight is 258 g/mol. The third-order valence-corrected chi connectivity index (χ3v) is 3.04. The molecule has 0 saturated heterocycles. The molecule has 0 radical (unpaired) electrons. The Bertz CT molecular complexity index is 505. The molecule has 19 heavy (non-hydrogen) atoms. The van der Waals surface area contributed by atoms with Crippen LogP contribution in [0.1, 0.15) is 18.9 Å². The number of halogens is 1. The lowest BCUT2D eigenvalue weighted by Crippen LogP contribution is -2.23. The summed E-state index contributed by atoms with van der Waals surface area (Å²) >= 11 is 0. The molecule has 2 aromatic carbocycles. The molecule has 0 amide bonds. The van der Waals surface area contributed by atoms with Crippen LogP contribution in [-0.4, -0.2) is 6.54 Å². The van der Waals surface area contributed by atoms with Gasteiger partial charge in [-0.25, -0.2) is 4.39 Å². The summed E-state index contributed by atoms with van der Waals surface area (Å²) in [6.07, 6.45) is 1.06. The number of nitrogen functional groups attached to an aromatic ring is 1. The number of benzene rings is 2. The molecule has 0 spiro atoms. The Kier molecular flexibility index (Phi) is 4.39. The predicted octanol–water partition coefficient (Wildman–Crippen LogP) is 3.82. The lowest BCUT2D eigenvalue weighted by atomic mass is 10.2. The average Bonchev–Trinajstić information content (AvgIpc) is 2.42. The molecule has 0 aromatic heterocycles. The highest BCUT2D eigenvalue weighted by molar-refractivity contribution is 5.53. The summed E-state index contributed by atoms with van der Waals surface area (Å²) in [6.45, 7) is 3.88. The molecule has 2 nitrogen and oxygen atoms in total. The maximum absolute atomic E-state index is 12.9. The van der Waals surface area contributed by atoms with Crippen molar-refractivity contribution >= 4 is 11.4 Å². The zero-order valence-corrected chi connectivity index (χ0v) is 11.1. The second-order valence-electron chi connectivity index (χ2n) is 4.64. The van der Waals surface area contributed by atoms with Crippen molar-refractivity contribution < 1.29 is 4.39 Å². The normalized spacial score (nSPS) is 10.4. The largest absolute Gasteiger partial charge is 0.399 e. The Balaban J connectivity index is 2.15. The summed E-state index contributed by atoms with van der Waals surface area (Å²) in [5.74, 6) is -0.196. The van der Waals surface area contributed by atoms with Gasteiger partial charge in [0.25, 0.3) is 0 Å². The first-order valence-corrected chi connectivity index (χ1v) is 6.54. The third-order valence-electron chi connectivity index (χ3n) is 3.04. The molecular weight excluding hydrogens is 239 g/mol. The molecule has 0 atom stereocenters. The summed E-state index contributed by atoms with van der Waals surface area (Å²) in [5.41, 5.74) is 8.72. The number of hydrogen-bond donors (Lipinski definition) is 1. The van der Waals surface area contributed by atoms with Crippen LogP contribution in [0.5, 0.6) is 0 Å². The molecule has 0 aliphatic carbocycles. The maximum atomic E-state index is 12.9. The standard InChI is InChI=1S/C16H19FN2/c1-2-11-19(16-9-7-15(18)8-10-16)12-13-3-5-14(17)6-4-13/h3-10H,2,11-12,18H2,1H3. The molecule has 2 rings (SSSR count). The van der Waals surface area contributed by atoms with E-state index in [9.17, 15) is 4.39 Å². The van der Waals surface area contributed by atoms with Crippen LogP contribution in [0, 0.1) is 5.82 Å². The molecule has 2 aromatic rings. The first kappa shape index (κ1) is 13.4. The van der Waals surface area contributed by atoms with Gasteiger partial charge in [0.15, 0.2) is 0 Å². The topological polar surface area (TPSA) is 29.3 Å². The quantitative estimate of drug-likeness (QED) is 0.826. The van der Waals surface area contributed by atoms with Crippen molar-refractivity contribution in [2.24, 2.45) is 0 Å². The molecule has 0 heterocycles. The summed E-state index contributed by atoms with van der Waals surface area (Å²) in [7, 11) is 0. The maximum Gasteiger partial charge on any atom is 0.123 e.